The first-order chi connectivity index (χ1) is 19.7. The lowest BCUT2D eigenvalue weighted by molar-refractivity contribution is -0.131. The summed E-state index contributed by atoms with van der Waals surface area (Å²) in [6.45, 7) is 0. The van der Waals surface area contributed by atoms with E-state index in [4.69, 9.17) is 27.9 Å². The summed E-state index contributed by atoms with van der Waals surface area (Å²) in [6, 6.07) is 22.9. The first-order valence-corrected chi connectivity index (χ1v) is 14.2. The van der Waals surface area contributed by atoms with E-state index in [0.717, 1.165) is 5.56 Å². The minimum Gasteiger partial charge on any atom is -0.478 e. The summed E-state index contributed by atoms with van der Waals surface area (Å²) in [5.74, 6) is -1.37. The van der Waals surface area contributed by atoms with Gasteiger partial charge in [0, 0.05) is 38.1 Å². The lowest BCUT2D eigenvalue weighted by Gasteiger charge is -2.46. The van der Waals surface area contributed by atoms with Gasteiger partial charge in [-0.05, 0) is 77.9 Å². The molecule has 2 aliphatic rings. The Labute approximate surface area is 253 Å². The van der Waals surface area contributed by atoms with Crippen LogP contribution in [0.1, 0.15) is 45.4 Å². The molecule has 3 atom stereocenters. The number of carbonyl (C=O) groups is 3. The zero-order chi connectivity index (χ0) is 28.9. The van der Waals surface area contributed by atoms with Gasteiger partial charge in [-0.2, -0.15) is 0 Å². The number of amides is 2. The summed E-state index contributed by atoms with van der Waals surface area (Å²) in [5.41, 5.74) is 1.40. The van der Waals surface area contributed by atoms with Gasteiger partial charge in [0.05, 0.1) is 11.6 Å². The van der Waals surface area contributed by atoms with Crippen LogP contribution in [-0.2, 0) is 15.0 Å². The van der Waals surface area contributed by atoms with Crippen molar-refractivity contribution in [1.82, 2.24) is 5.32 Å². The molecule has 4 aromatic carbocycles. The number of rotatable bonds is 5. The van der Waals surface area contributed by atoms with Gasteiger partial charge in [-0.15, -0.1) is 0 Å². The van der Waals surface area contributed by atoms with Gasteiger partial charge in [0.15, 0.2) is 0 Å². The van der Waals surface area contributed by atoms with E-state index >= 15 is 0 Å². The Balaban J connectivity index is 1.56. The highest BCUT2D eigenvalue weighted by Crippen LogP contribution is 2.58. The van der Waals surface area contributed by atoms with Crippen molar-refractivity contribution in [3.63, 3.8) is 0 Å². The summed E-state index contributed by atoms with van der Waals surface area (Å²) in [5, 5.41) is 16.3. The Morgan fingerprint density at radius 3 is 2.44 bits per heavy atom. The molecule has 41 heavy (non-hydrogen) atoms. The molecule has 1 unspecified atom stereocenters. The lowest BCUT2D eigenvalue weighted by atomic mass is 9.59. The number of halogens is 3. The van der Waals surface area contributed by atoms with E-state index < -0.39 is 23.3 Å². The number of hydrogen-bond acceptors (Lipinski definition) is 4. The monoisotopic (exact) mass is 650 g/mol. The average Bonchev–Trinajstić information content (AvgIpc) is 3.22. The minimum atomic E-state index is -1.29. The predicted molar refractivity (Wildman–Crippen MR) is 159 cm³/mol. The molecule has 7 nitrogen and oxygen atoms in total. The van der Waals surface area contributed by atoms with Crippen molar-refractivity contribution in [2.75, 3.05) is 5.32 Å². The second-order valence-corrected chi connectivity index (χ2v) is 11.7. The van der Waals surface area contributed by atoms with E-state index in [9.17, 15) is 19.5 Å². The zero-order valence-electron chi connectivity index (χ0n) is 21.2. The molecule has 0 radical (unpaired) electrons. The molecule has 6 rings (SSSR count). The van der Waals surface area contributed by atoms with Crippen molar-refractivity contribution in [3.05, 3.63) is 122 Å². The summed E-state index contributed by atoms with van der Waals surface area (Å²) >= 11 is 16.2. The molecule has 0 bridgehead atoms. The van der Waals surface area contributed by atoms with E-state index in [1.54, 1.807) is 54.6 Å². The third-order valence-corrected chi connectivity index (χ3v) is 8.58. The van der Waals surface area contributed by atoms with Crippen LogP contribution in [0.5, 0.6) is 11.5 Å². The molecule has 2 heterocycles. The van der Waals surface area contributed by atoms with Crippen LogP contribution in [0.3, 0.4) is 0 Å². The minimum absolute atomic E-state index is 0.0488. The molecule has 10 heteroatoms. The number of carboxylic acid groups (broad SMARTS) is 1. The van der Waals surface area contributed by atoms with Crippen LogP contribution in [0.4, 0.5) is 5.69 Å². The number of ether oxygens (including phenoxy) is 1. The fraction of sp³-hybridized carbons (Fsp3) is 0.129. The van der Waals surface area contributed by atoms with Gasteiger partial charge in [-0.3, -0.25) is 9.59 Å². The van der Waals surface area contributed by atoms with Crippen molar-refractivity contribution < 1.29 is 24.2 Å². The predicted octanol–water partition coefficient (Wildman–Crippen LogP) is 7.48. The van der Waals surface area contributed by atoms with Gasteiger partial charge in [0.2, 0.25) is 11.8 Å². The standard InChI is InChI=1S/C31H21BrCl2N2O5/c32-18-6-11-26(41-21-8-4-16(5-9-21)29(38)39)22(13-18)28-31(23-10-7-20(34)14-25(23)35-30(31)40)24(15-27(37)36-28)17-2-1-3-19(33)12-17/h1-14,24,28H,15H2,(H,35,40)(H,36,37)(H,38,39)/t24-,28+,31?/m0/s1. The van der Waals surface area contributed by atoms with Gasteiger partial charge >= 0.3 is 5.97 Å². The molecule has 206 valence electrons. The molecule has 1 fully saturated rings. The van der Waals surface area contributed by atoms with Gasteiger partial charge in [0.1, 0.15) is 16.9 Å². The first-order valence-electron chi connectivity index (χ1n) is 12.6. The number of fused-ring (bicyclic) bond motifs is 2. The van der Waals surface area contributed by atoms with Crippen LogP contribution in [0.25, 0.3) is 0 Å². The highest BCUT2D eigenvalue weighted by atomic mass is 79.9. The van der Waals surface area contributed by atoms with Crippen LogP contribution in [0, 0.1) is 0 Å². The largest absolute Gasteiger partial charge is 0.478 e. The van der Waals surface area contributed by atoms with E-state index in [0.29, 0.717) is 42.8 Å². The summed E-state index contributed by atoms with van der Waals surface area (Å²) in [7, 11) is 0. The van der Waals surface area contributed by atoms with Crippen molar-refractivity contribution >= 4 is 62.6 Å². The maximum atomic E-state index is 14.3. The van der Waals surface area contributed by atoms with Gasteiger partial charge < -0.3 is 20.5 Å². The number of carbonyl (C=O) groups excluding carboxylic acids is 2. The van der Waals surface area contributed by atoms with Crippen LogP contribution in [0.2, 0.25) is 10.0 Å². The normalized spacial score (nSPS) is 21.2. The third kappa shape index (κ3) is 4.76. The fourth-order valence-corrected chi connectivity index (χ4v) is 6.65. The van der Waals surface area contributed by atoms with Crippen LogP contribution in [0.15, 0.2) is 89.4 Å². The quantitative estimate of drug-likeness (QED) is 0.208. The van der Waals surface area contributed by atoms with Gasteiger partial charge in [0.25, 0.3) is 0 Å². The van der Waals surface area contributed by atoms with Crippen molar-refractivity contribution in [2.45, 2.75) is 23.8 Å². The summed E-state index contributed by atoms with van der Waals surface area (Å²) < 4.78 is 6.97. The molecule has 3 N–H and O–H groups in total. The molecule has 1 saturated heterocycles. The third-order valence-electron chi connectivity index (χ3n) is 7.61. The highest BCUT2D eigenvalue weighted by Gasteiger charge is 2.61. The second-order valence-electron chi connectivity index (χ2n) is 9.94. The van der Waals surface area contributed by atoms with E-state index in [-0.39, 0.29) is 23.8 Å². The molecule has 0 aliphatic carbocycles. The van der Waals surface area contributed by atoms with Gasteiger partial charge in [-0.1, -0.05) is 57.3 Å². The van der Waals surface area contributed by atoms with E-state index in [1.165, 1.54) is 12.1 Å². The Bertz CT molecular complexity index is 1730. The van der Waals surface area contributed by atoms with E-state index in [2.05, 4.69) is 26.6 Å². The Morgan fingerprint density at radius 2 is 1.71 bits per heavy atom. The Kier molecular flexibility index (Phi) is 7.01. The van der Waals surface area contributed by atoms with Crippen molar-refractivity contribution in [2.24, 2.45) is 0 Å². The van der Waals surface area contributed by atoms with E-state index in [1.807, 2.05) is 18.2 Å². The number of aromatic carboxylic acids is 1. The molecule has 1 spiro atoms. The smallest absolute Gasteiger partial charge is 0.335 e. The zero-order valence-corrected chi connectivity index (χ0v) is 24.3. The Morgan fingerprint density at radius 1 is 0.951 bits per heavy atom. The molecule has 0 aromatic heterocycles. The van der Waals surface area contributed by atoms with Crippen LogP contribution >= 0.6 is 39.1 Å². The summed E-state index contributed by atoms with van der Waals surface area (Å²) in [4.78, 5) is 39.0. The molecular formula is C31H21BrCl2N2O5. The lowest BCUT2D eigenvalue weighted by Crippen LogP contribution is -2.56. The highest BCUT2D eigenvalue weighted by molar-refractivity contribution is 9.10. The molecule has 2 aliphatic heterocycles. The first kappa shape index (κ1) is 27.3. The number of hydrogen-bond donors (Lipinski definition) is 3. The van der Waals surface area contributed by atoms with Crippen LogP contribution in [-0.4, -0.2) is 22.9 Å². The van der Waals surface area contributed by atoms with Gasteiger partial charge in [-0.25, -0.2) is 4.79 Å². The number of anilines is 1. The fourth-order valence-electron chi connectivity index (χ4n) is 5.90. The van der Waals surface area contributed by atoms with Crippen molar-refractivity contribution in [3.8, 4) is 11.5 Å². The SMILES string of the molecule is O=C1C[C@@H](c2cccc(Cl)c2)C2(C(=O)Nc3cc(Cl)ccc32)[C@@H](c2cc(Br)ccc2Oc2ccc(C(=O)O)cc2)N1. The van der Waals surface area contributed by atoms with Crippen LogP contribution < -0.4 is 15.4 Å². The second kappa shape index (κ2) is 10.5. The number of piperidine rings is 1. The maximum Gasteiger partial charge on any atom is 0.335 e. The Hall–Kier alpha value is -3.85. The average molecular weight is 652 g/mol. The van der Waals surface area contributed by atoms with Crippen molar-refractivity contribution in [1.29, 1.82) is 0 Å². The number of nitrogens with one attached hydrogen (secondary N) is 2. The summed E-state index contributed by atoms with van der Waals surface area (Å²) in [6.07, 6.45) is 0.0488. The number of carboxylic acids is 1. The molecule has 0 saturated carbocycles. The maximum absolute atomic E-state index is 14.3. The molecule has 4 aromatic rings. The molecular weight excluding hydrogens is 631 g/mol. The topological polar surface area (TPSA) is 105 Å². The number of benzene rings is 4. The molecule has 2 amide bonds.